The molecule has 0 fully saturated rings. The number of thioether (sulfide) groups is 1. The summed E-state index contributed by atoms with van der Waals surface area (Å²) in [5.41, 5.74) is 0.933. The summed E-state index contributed by atoms with van der Waals surface area (Å²) in [6, 6.07) is 4.60. The lowest BCUT2D eigenvalue weighted by Crippen LogP contribution is -2.15. The summed E-state index contributed by atoms with van der Waals surface area (Å²) >= 11 is 7.88. The quantitative estimate of drug-likeness (QED) is 0.427. The monoisotopic (exact) mass is 302 g/mol. The van der Waals surface area contributed by atoms with Crippen molar-refractivity contribution in [3.63, 3.8) is 0 Å². The zero-order valence-electron chi connectivity index (χ0n) is 11.0. The molecule has 0 spiro atoms. The molecule has 0 saturated heterocycles. The van der Waals surface area contributed by atoms with Gasteiger partial charge in [-0.1, -0.05) is 18.0 Å². The van der Waals surface area contributed by atoms with E-state index in [2.05, 4.69) is 11.6 Å². The maximum atomic E-state index is 10.6. The lowest BCUT2D eigenvalue weighted by Gasteiger charge is -2.06. The first-order valence-corrected chi connectivity index (χ1v) is 8.05. The second kappa shape index (κ2) is 9.18. The van der Waals surface area contributed by atoms with Crippen molar-refractivity contribution in [3.05, 3.63) is 38.9 Å². The van der Waals surface area contributed by atoms with Gasteiger partial charge in [-0.25, -0.2) is 0 Å². The number of nitro benzene ring substituents is 1. The van der Waals surface area contributed by atoms with Crippen molar-refractivity contribution in [1.29, 1.82) is 0 Å². The average Bonchev–Trinajstić information content (AvgIpc) is 2.39. The predicted molar refractivity (Wildman–Crippen MR) is 82.0 cm³/mol. The Balaban J connectivity index is 2.28. The summed E-state index contributed by atoms with van der Waals surface area (Å²) in [7, 11) is 0. The van der Waals surface area contributed by atoms with Crippen LogP contribution >= 0.6 is 23.4 Å². The molecule has 0 aliphatic carbocycles. The van der Waals surface area contributed by atoms with E-state index < -0.39 is 4.92 Å². The molecule has 0 saturated carbocycles. The number of benzene rings is 1. The Kier molecular flexibility index (Phi) is 7.86. The van der Waals surface area contributed by atoms with E-state index in [4.69, 9.17) is 11.6 Å². The Hall–Kier alpha value is -0.780. The van der Waals surface area contributed by atoms with Crippen LogP contribution in [0.4, 0.5) is 5.69 Å². The molecule has 0 heterocycles. The highest BCUT2D eigenvalue weighted by Crippen LogP contribution is 2.22. The fraction of sp³-hybridized carbons (Fsp3) is 0.538. The SMILES string of the molecule is CSCCCCCNCc1ccc([N+](=O)[O-])cc1Cl. The summed E-state index contributed by atoms with van der Waals surface area (Å²) in [6.45, 7) is 1.60. The molecule has 0 aliphatic heterocycles. The van der Waals surface area contributed by atoms with Gasteiger partial charge in [0.1, 0.15) is 0 Å². The lowest BCUT2D eigenvalue weighted by atomic mass is 10.2. The lowest BCUT2D eigenvalue weighted by molar-refractivity contribution is -0.384. The van der Waals surface area contributed by atoms with Gasteiger partial charge >= 0.3 is 0 Å². The molecule has 0 bridgehead atoms. The van der Waals surface area contributed by atoms with Crippen LogP contribution in [-0.4, -0.2) is 23.5 Å². The largest absolute Gasteiger partial charge is 0.313 e. The van der Waals surface area contributed by atoms with Crippen molar-refractivity contribution >= 4 is 29.1 Å². The summed E-state index contributed by atoms with van der Waals surface area (Å²) in [5.74, 6) is 1.22. The molecule has 1 aromatic rings. The third-order valence-corrected chi connectivity index (χ3v) is 3.81. The van der Waals surface area contributed by atoms with Gasteiger partial charge in [0.2, 0.25) is 0 Å². The van der Waals surface area contributed by atoms with Crippen molar-refractivity contribution in [2.45, 2.75) is 25.8 Å². The Morgan fingerprint density at radius 3 is 2.79 bits per heavy atom. The number of hydrogen-bond acceptors (Lipinski definition) is 4. The summed E-state index contributed by atoms with van der Waals surface area (Å²) < 4.78 is 0. The van der Waals surface area contributed by atoms with Crippen LogP contribution in [-0.2, 0) is 6.54 Å². The molecular formula is C13H19ClN2O2S. The first-order chi connectivity index (χ1) is 9.15. The highest BCUT2D eigenvalue weighted by atomic mass is 35.5. The molecule has 6 heteroatoms. The Bertz CT molecular complexity index is 416. The first-order valence-electron chi connectivity index (χ1n) is 6.27. The van der Waals surface area contributed by atoms with Crippen LogP contribution in [0.2, 0.25) is 5.02 Å². The van der Waals surface area contributed by atoms with Gasteiger partial charge in [-0.15, -0.1) is 0 Å². The number of nitro groups is 1. The number of halogens is 1. The molecule has 0 radical (unpaired) electrons. The minimum absolute atomic E-state index is 0.0332. The Morgan fingerprint density at radius 1 is 1.37 bits per heavy atom. The molecular weight excluding hydrogens is 284 g/mol. The van der Waals surface area contributed by atoms with E-state index >= 15 is 0 Å². The van der Waals surface area contributed by atoms with E-state index in [-0.39, 0.29) is 5.69 Å². The molecule has 1 N–H and O–H groups in total. The summed E-state index contributed by atoms with van der Waals surface area (Å²) in [5, 5.41) is 14.3. The van der Waals surface area contributed by atoms with E-state index in [1.54, 1.807) is 6.07 Å². The zero-order chi connectivity index (χ0) is 14.1. The first kappa shape index (κ1) is 16.3. The Morgan fingerprint density at radius 2 is 2.16 bits per heavy atom. The molecule has 0 amide bonds. The van der Waals surface area contributed by atoms with Gasteiger partial charge < -0.3 is 5.32 Å². The number of nitrogens with one attached hydrogen (secondary N) is 1. The summed E-state index contributed by atoms with van der Waals surface area (Å²) in [4.78, 5) is 10.1. The highest BCUT2D eigenvalue weighted by Gasteiger charge is 2.08. The molecule has 0 aliphatic rings. The van der Waals surface area contributed by atoms with Gasteiger partial charge in [0.05, 0.1) is 9.95 Å². The molecule has 4 nitrogen and oxygen atoms in total. The number of unbranched alkanes of at least 4 members (excludes halogenated alkanes) is 2. The number of non-ortho nitro benzene ring substituents is 1. The van der Waals surface area contributed by atoms with Crippen molar-refractivity contribution in [3.8, 4) is 0 Å². The van der Waals surface area contributed by atoms with Crippen molar-refractivity contribution < 1.29 is 4.92 Å². The van der Waals surface area contributed by atoms with Crippen LogP contribution in [0.1, 0.15) is 24.8 Å². The van der Waals surface area contributed by atoms with Gasteiger partial charge in [-0.05, 0) is 43.0 Å². The fourth-order valence-electron chi connectivity index (χ4n) is 1.69. The predicted octanol–water partition coefficient (Wildman–Crippen LogP) is 3.87. The van der Waals surface area contributed by atoms with Crippen molar-refractivity contribution in [1.82, 2.24) is 5.32 Å². The van der Waals surface area contributed by atoms with E-state index in [0.717, 1.165) is 18.5 Å². The minimum Gasteiger partial charge on any atom is -0.313 e. The topological polar surface area (TPSA) is 55.2 Å². The van der Waals surface area contributed by atoms with Crippen molar-refractivity contribution in [2.75, 3.05) is 18.6 Å². The minimum atomic E-state index is -0.436. The summed E-state index contributed by atoms with van der Waals surface area (Å²) in [6.07, 6.45) is 5.74. The molecule has 0 aromatic heterocycles. The van der Waals surface area contributed by atoms with Gasteiger partial charge in [0.25, 0.3) is 5.69 Å². The van der Waals surface area contributed by atoms with Crippen LogP contribution in [0.3, 0.4) is 0 Å². The molecule has 1 rings (SSSR count). The Labute approximate surface area is 123 Å². The van der Waals surface area contributed by atoms with Crippen LogP contribution in [0.5, 0.6) is 0 Å². The average molecular weight is 303 g/mol. The smallest absolute Gasteiger partial charge is 0.270 e. The maximum absolute atomic E-state index is 10.6. The standard InChI is InChI=1S/C13H19ClN2O2S/c1-19-8-4-2-3-7-15-10-11-5-6-12(16(17)18)9-13(11)14/h5-6,9,15H,2-4,7-8,10H2,1H3. The van der Waals surface area contributed by atoms with Gasteiger partial charge in [-0.2, -0.15) is 11.8 Å². The fourth-order valence-corrected chi connectivity index (χ4v) is 2.42. The van der Waals surface area contributed by atoms with Crippen LogP contribution in [0.15, 0.2) is 18.2 Å². The van der Waals surface area contributed by atoms with E-state index in [1.807, 2.05) is 11.8 Å². The maximum Gasteiger partial charge on any atom is 0.270 e. The highest BCUT2D eigenvalue weighted by molar-refractivity contribution is 7.98. The third-order valence-electron chi connectivity index (χ3n) is 2.76. The second-order valence-electron chi connectivity index (χ2n) is 4.26. The molecule has 19 heavy (non-hydrogen) atoms. The van der Waals surface area contributed by atoms with Gasteiger partial charge in [0, 0.05) is 18.7 Å². The van der Waals surface area contributed by atoms with Crippen LogP contribution < -0.4 is 5.32 Å². The van der Waals surface area contributed by atoms with E-state index in [1.165, 1.54) is 30.7 Å². The molecule has 106 valence electrons. The van der Waals surface area contributed by atoms with E-state index in [0.29, 0.717) is 11.6 Å². The number of nitrogens with zero attached hydrogens (tertiary/aromatic N) is 1. The van der Waals surface area contributed by atoms with Gasteiger partial charge in [-0.3, -0.25) is 10.1 Å². The van der Waals surface area contributed by atoms with Crippen LogP contribution in [0, 0.1) is 10.1 Å². The molecule has 0 unspecified atom stereocenters. The normalized spacial score (nSPS) is 10.6. The number of rotatable bonds is 9. The third kappa shape index (κ3) is 6.27. The second-order valence-corrected chi connectivity index (χ2v) is 5.66. The van der Waals surface area contributed by atoms with Crippen LogP contribution in [0.25, 0.3) is 0 Å². The van der Waals surface area contributed by atoms with E-state index in [9.17, 15) is 10.1 Å². The van der Waals surface area contributed by atoms with Gasteiger partial charge in [0.15, 0.2) is 0 Å². The zero-order valence-corrected chi connectivity index (χ0v) is 12.6. The van der Waals surface area contributed by atoms with Crippen molar-refractivity contribution in [2.24, 2.45) is 0 Å². The number of hydrogen-bond donors (Lipinski definition) is 1. The molecule has 0 atom stereocenters. The molecule has 1 aromatic carbocycles.